The van der Waals surface area contributed by atoms with Gasteiger partial charge in [0, 0.05) is 5.02 Å². The van der Waals surface area contributed by atoms with Gasteiger partial charge in [-0.3, -0.25) is 4.79 Å². The van der Waals surface area contributed by atoms with Crippen molar-refractivity contribution in [2.24, 2.45) is 0 Å². The van der Waals surface area contributed by atoms with Crippen LogP contribution in [0.1, 0.15) is 25.0 Å². The molecule has 1 amide bonds. The van der Waals surface area contributed by atoms with Crippen molar-refractivity contribution in [3.05, 3.63) is 70.2 Å². The maximum atomic E-state index is 13.6. The number of nitrogens with one attached hydrogen (secondary N) is 1. The van der Waals surface area contributed by atoms with Crippen molar-refractivity contribution in [3.8, 4) is 0 Å². The first-order chi connectivity index (χ1) is 10.3. The molecule has 116 valence electrons. The molecule has 2 nitrogen and oxygen atoms in total. The average Bonchev–Trinajstić information content (AvgIpc) is 2.40. The number of benzene rings is 2. The van der Waals surface area contributed by atoms with Crippen LogP contribution in [0.15, 0.2) is 42.5 Å². The maximum Gasteiger partial charge on any atom is 0.225 e. The highest BCUT2D eigenvalue weighted by molar-refractivity contribution is 6.31. The van der Waals surface area contributed by atoms with Crippen LogP contribution in [0.3, 0.4) is 0 Å². The first-order valence-electron chi connectivity index (χ1n) is 6.79. The molecule has 0 spiro atoms. The van der Waals surface area contributed by atoms with Gasteiger partial charge < -0.3 is 5.32 Å². The smallest absolute Gasteiger partial charge is 0.225 e. The Kier molecular flexibility index (Phi) is 4.81. The molecular formula is C17H16ClF2NO. The molecule has 0 atom stereocenters. The van der Waals surface area contributed by atoms with Crippen molar-refractivity contribution in [1.29, 1.82) is 0 Å². The van der Waals surface area contributed by atoms with E-state index in [1.807, 2.05) is 0 Å². The van der Waals surface area contributed by atoms with Gasteiger partial charge in [0.25, 0.3) is 0 Å². The number of carbonyl (C=O) groups excluding carboxylic acids is 1. The molecule has 22 heavy (non-hydrogen) atoms. The van der Waals surface area contributed by atoms with Gasteiger partial charge in [-0.1, -0.05) is 35.9 Å². The summed E-state index contributed by atoms with van der Waals surface area (Å²) >= 11 is 6.03. The lowest BCUT2D eigenvalue weighted by Gasteiger charge is -2.28. The molecule has 2 rings (SSSR count). The second-order valence-corrected chi connectivity index (χ2v) is 5.97. The van der Waals surface area contributed by atoms with E-state index in [4.69, 9.17) is 11.6 Å². The molecular weight excluding hydrogens is 308 g/mol. The second-order valence-electron chi connectivity index (χ2n) is 5.57. The molecule has 1 N–H and O–H groups in total. The lowest BCUT2D eigenvalue weighted by molar-refractivity contribution is -0.122. The van der Waals surface area contributed by atoms with Crippen LogP contribution in [-0.4, -0.2) is 5.91 Å². The third-order valence-electron chi connectivity index (χ3n) is 3.37. The van der Waals surface area contributed by atoms with Gasteiger partial charge >= 0.3 is 0 Å². The van der Waals surface area contributed by atoms with Crippen molar-refractivity contribution in [1.82, 2.24) is 5.32 Å². The van der Waals surface area contributed by atoms with Crippen molar-refractivity contribution in [2.75, 3.05) is 0 Å². The van der Waals surface area contributed by atoms with Crippen molar-refractivity contribution < 1.29 is 13.6 Å². The van der Waals surface area contributed by atoms with Crippen molar-refractivity contribution in [2.45, 2.75) is 25.8 Å². The predicted molar refractivity (Wildman–Crippen MR) is 82.7 cm³/mol. The minimum atomic E-state index is -0.798. The van der Waals surface area contributed by atoms with Gasteiger partial charge in [0.2, 0.25) is 5.91 Å². The Morgan fingerprint density at radius 1 is 1.18 bits per heavy atom. The third-order valence-corrected chi connectivity index (χ3v) is 3.68. The fraction of sp³-hybridized carbons (Fsp3) is 0.235. The van der Waals surface area contributed by atoms with Gasteiger partial charge in [-0.25, -0.2) is 8.78 Å². The zero-order chi connectivity index (χ0) is 16.3. The van der Waals surface area contributed by atoms with Gasteiger partial charge in [0.15, 0.2) is 0 Å². The summed E-state index contributed by atoms with van der Waals surface area (Å²) in [5, 5.41) is 3.03. The molecule has 2 aromatic carbocycles. The van der Waals surface area contributed by atoms with E-state index >= 15 is 0 Å². The minimum Gasteiger partial charge on any atom is -0.347 e. The van der Waals surface area contributed by atoms with Gasteiger partial charge in [0.05, 0.1) is 12.0 Å². The summed E-state index contributed by atoms with van der Waals surface area (Å²) in [5.41, 5.74) is 0.117. The van der Waals surface area contributed by atoms with Crippen LogP contribution in [0.2, 0.25) is 5.02 Å². The monoisotopic (exact) mass is 323 g/mol. The molecule has 2 aromatic rings. The summed E-state index contributed by atoms with van der Waals surface area (Å²) in [6, 6.07) is 10.1. The van der Waals surface area contributed by atoms with Crippen LogP contribution in [0.4, 0.5) is 8.78 Å². The fourth-order valence-corrected chi connectivity index (χ4v) is 2.67. The molecule has 0 bridgehead atoms. The molecule has 0 radical (unpaired) electrons. The van der Waals surface area contributed by atoms with E-state index in [1.165, 1.54) is 24.3 Å². The van der Waals surface area contributed by atoms with E-state index in [-0.39, 0.29) is 17.4 Å². The number of rotatable bonds is 4. The Morgan fingerprint density at radius 3 is 2.50 bits per heavy atom. The molecule has 0 aliphatic rings. The molecule has 0 saturated carbocycles. The molecule has 0 unspecified atom stereocenters. The minimum absolute atomic E-state index is 0.0745. The highest BCUT2D eigenvalue weighted by atomic mass is 35.5. The van der Waals surface area contributed by atoms with Crippen LogP contribution in [-0.2, 0) is 16.8 Å². The van der Waals surface area contributed by atoms with Gasteiger partial charge in [-0.15, -0.1) is 0 Å². The highest BCUT2D eigenvalue weighted by Gasteiger charge is 2.25. The third kappa shape index (κ3) is 3.83. The number of carbonyl (C=O) groups is 1. The molecule has 0 aromatic heterocycles. The highest BCUT2D eigenvalue weighted by Crippen LogP contribution is 2.28. The quantitative estimate of drug-likeness (QED) is 0.897. The second kappa shape index (κ2) is 6.44. The molecule has 0 aliphatic carbocycles. The van der Waals surface area contributed by atoms with Crippen molar-refractivity contribution in [3.63, 3.8) is 0 Å². The van der Waals surface area contributed by atoms with Crippen LogP contribution in [0, 0.1) is 11.6 Å². The number of halogens is 3. The Morgan fingerprint density at radius 2 is 1.86 bits per heavy atom. The summed E-state index contributed by atoms with van der Waals surface area (Å²) in [4.78, 5) is 12.1. The van der Waals surface area contributed by atoms with Crippen LogP contribution < -0.4 is 5.32 Å². The SMILES string of the molecule is CC(C)(NC(=O)Cc1ccccc1F)c1ccc(F)cc1Cl. The number of amides is 1. The first-order valence-corrected chi connectivity index (χ1v) is 7.17. The topological polar surface area (TPSA) is 29.1 Å². The van der Waals surface area contributed by atoms with Gasteiger partial charge in [-0.2, -0.15) is 0 Å². The zero-order valence-electron chi connectivity index (χ0n) is 12.3. The van der Waals surface area contributed by atoms with E-state index in [9.17, 15) is 13.6 Å². The van der Waals surface area contributed by atoms with E-state index in [0.29, 0.717) is 11.1 Å². The van der Waals surface area contributed by atoms with E-state index < -0.39 is 17.2 Å². The summed E-state index contributed by atoms with van der Waals surface area (Å²) in [6.07, 6.45) is -0.0745. The lowest BCUT2D eigenvalue weighted by atomic mass is 9.93. The summed E-state index contributed by atoms with van der Waals surface area (Å²) in [7, 11) is 0. The van der Waals surface area contributed by atoms with E-state index in [2.05, 4.69) is 5.32 Å². The van der Waals surface area contributed by atoms with Gasteiger partial charge in [0.1, 0.15) is 11.6 Å². The molecule has 0 fully saturated rings. The molecule has 5 heteroatoms. The van der Waals surface area contributed by atoms with Crippen LogP contribution in [0.5, 0.6) is 0 Å². The van der Waals surface area contributed by atoms with Gasteiger partial charge in [-0.05, 0) is 43.2 Å². The summed E-state index contributed by atoms with van der Waals surface area (Å²) in [6.45, 7) is 3.51. The Bertz CT molecular complexity index is 701. The standard InChI is InChI=1S/C17H16ClF2NO/c1-17(2,13-8-7-12(19)10-14(13)18)21-16(22)9-11-5-3-4-6-15(11)20/h3-8,10H,9H2,1-2H3,(H,21,22). The van der Waals surface area contributed by atoms with E-state index in [0.717, 1.165) is 0 Å². The Hall–Kier alpha value is -1.94. The predicted octanol–water partition coefficient (Wildman–Crippen LogP) is 4.21. The maximum absolute atomic E-state index is 13.6. The number of hydrogen-bond acceptors (Lipinski definition) is 1. The van der Waals surface area contributed by atoms with E-state index in [1.54, 1.807) is 32.0 Å². The molecule has 0 saturated heterocycles. The Labute approximate surface area is 133 Å². The summed E-state index contributed by atoms with van der Waals surface area (Å²) < 4.78 is 26.7. The molecule has 0 aliphatic heterocycles. The molecule has 0 heterocycles. The average molecular weight is 324 g/mol. The van der Waals surface area contributed by atoms with Crippen LogP contribution >= 0.6 is 11.6 Å². The largest absolute Gasteiger partial charge is 0.347 e. The zero-order valence-corrected chi connectivity index (χ0v) is 13.0. The van der Waals surface area contributed by atoms with Crippen LogP contribution in [0.25, 0.3) is 0 Å². The fourth-order valence-electron chi connectivity index (χ4n) is 2.27. The van der Waals surface area contributed by atoms with Crippen molar-refractivity contribution >= 4 is 17.5 Å². The lowest BCUT2D eigenvalue weighted by Crippen LogP contribution is -2.42. The first kappa shape index (κ1) is 16.4. The summed E-state index contributed by atoms with van der Waals surface area (Å²) in [5.74, 6) is -1.20. The number of hydrogen-bond donors (Lipinski definition) is 1. The normalized spacial score (nSPS) is 11.3. The Balaban J connectivity index is 2.14.